The van der Waals surface area contributed by atoms with Crippen molar-refractivity contribution in [2.24, 2.45) is 7.05 Å². The minimum Gasteiger partial charge on any atom is -0.343 e. The van der Waals surface area contributed by atoms with Crippen LogP contribution in [0.3, 0.4) is 0 Å². The Morgan fingerprint density at radius 1 is 1.17 bits per heavy atom. The lowest BCUT2D eigenvalue weighted by Gasteiger charge is -2.08. The van der Waals surface area contributed by atoms with Crippen molar-refractivity contribution < 1.29 is 4.79 Å². The fraction of sp³-hybridized carbons (Fsp3) is 0.227. The van der Waals surface area contributed by atoms with E-state index in [9.17, 15) is 4.79 Å². The van der Waals surface area contributed by atoms with Crippen molar-refractivity contribution in [3.8, 4) is 11.4 Å². The van der Waals surface area contributed by atoms with Crippen LogP contribution in [0.1, 0.15) is 26.6 Å². The maximum Gasteiger partial charge on any atom is 0.191 e. The van der Waals surface area contributed by atoms with Crippen molar-refractivity contribution in [2.45, 2.75) is 25.5 Å². The van der Waals surface area contributed by atoms with Gasteiger partial charge in [-0.05, 0) is 43.5 Å². The van der Waals surface area contributed by atoms with Crippen molar-refractivity contribution >= 4 is 40.5 Å². The van der Waals surface area contributed by atoms with Crippen molar-refractivity contribution in [2.75, 3.05) is 5.75 Å². The average Bonchev–Trinajstić information content (AvgIpc) is 3.44. The lowest BCUT2D eigenvalue weighted by atomic mass is 10.2. The van der Waals surface area contributed by atoms with Crippen LogP contribution in [0, 0.1) is 13.8 Å². The molecule has 0 aliphatic heterocycles. The largest absolute Gasteiger partial charge is 0.343 e. The minimum atomic E-state index is 0.0906. The molecule has 1 aromatic carbocycles. The quantitative estimate of drug-likeness (QED) is 0.267. The van der Waals surface area contributed by atoms with Gasteiger partial charge in [0.2, 0.25) is 0 Å². The van der Waals surface area contributed by atoms with E-state index in [0.717, 1.165) is 29.1 Å². The first kappa shape index (κ1) is 20.9. The van der Waals surface area contributed by atoms with Gasteiger partial charge in [-0.15, -0.1) is 21.5 Å². The number of thioether (sulfide) groups is 1. The van der Waals surface area contributed by atoms with Gasteiger partial charge in [-0.1, -0.05) is 41.6 Å². The summed E-state index contributed by atoms with van der Waals surface area (Å²) in [5, 5.41) is 11.9. The van der Waals surface area contributed by atoms with Crippen LogP contribution in [0.25, 0.3) is 11.4 Å². The van der Waals surface area contributed by atoms with Gasteiger partial charge in [0.25, 0.3) is 0 Å². The van der Waals surface area contributed by atoms with E-state index in [1.165, 1.54) is 16.6 Å². The highest BCUT2D eigenvalue weighted by Crippen LogP contribution is 2.29. The number of carbonyl (C=O) groups excluding carboxylic acids is 1. The summed E-state index contributed by atoms with van der Waals surface area (Å²) >= 11 is 9.41. The molecule has 0 bridgehead atoms. The Morgan fingerprint density at radius 2 is 1.97 bits per heavy atom. The molecule has 0 fully saturated rings. The van der Waals surface area contributed by atoms with Gasteiger partial charge >= 0.3 is 0 Å². The summed E-state index contributed by atoms with van der Waals surface area (Å²) in [4.78, 5) is 14.2. The van der Waals surface area contributed by atoms with Crippen LogP contribution in [-0.4, -0.2) is 30.9 Å². The number of hydrogen-bond acceptors (Lipinski definition) is 5. The second-order valence-corrected chi connectivity index (χ2v) is 9.39. The smallest absolute Gasteiger partial charge is 0.191 e. The summed E-state index contributed by atoms with van der Waals surface area (Å²) in [5.41, 5.74) is 3.68. The maximum absolute atomic E-state index is 12.9. The van der Waals surface area contributed by atoms with Crippen molar-refractivity contribution in [1.82, 2.24) is 19.3 Å². The minimum absolute atomic E-state index is 0.0906. The van der Waals surface area contributed by atoms with E-state index < -0.39 is 0 Å². The topological polar surface area (TPSA) is 52.7 Å². The standard InChI is InChI=1S/C22H21ClN4OS2/c1-14-11-18(15(2)27(14)12-16-7-6-10-29-16)20(28)13-30-22-25-24-21(26(22)3)17-8-4-5-9-19(17)23/h4-11H,12-13H2,1-3H3. The summed E-state index contributed by atoms with van der Waals surface area (Å²) in [6.45, 7) is 4.85. The van der Waals surface area contributed by atoms with Crippen LogP contribution >= 0.6 is 34.7 Å². The molecule has 4 aromatic rings. The zero-order valence-electron chi connectivity index (χ0n) is 16.9. The first-order chi connectivity index (χ1) is 14.5. The molecule has 4 rings (SSSR count). The van der Waals surface area contributed by atoms with Crippen molar-refractivity contribution in [3.05, 3.63) is 74.7 Å². The third-order valence-corrected chi connectivity index (χ3v) is 7.26. The van der Waals surface area contributed by atoms with Gasteiger partial charge in [-0.2, -0.15) is 0 Å². The molecule has 5 nitrogen and oxygen atoms in total. The monoisotopic (exact) mass is 456 g/mol. The Bertz CT molecular complexity index is 1190. The normalized spacial score (nSPS) is 11.2. The SMILES string of the molecule is Cc1cc(C(=O)CSc2nnc(-c3ccccc3Cl)n2C)c(C)n1Cc1cccs1. The van der Waals surface area contributed by atoms with E-state index in [1.807, 2.05) is 55.8 Å². The number of carbonyl (C=O) groups is 1. The number of aryl methyl sites for hydroxylation is 1. The van der Waals surface area contributed by atoms with Gasteiger partial charge in [-0.25, -0.2) is 0 Å². The van der Waals surface area contributed by atoms with Crippen LogP contribution in [0.15, 0.2) is 53.0 Å². The molecule has 0 unspecified atom stereocenters. The zero-order chi connectivity index (χ0) is 21.3. The van der Waals surface area contributed by atoms with E-state index in [0.29, 0.717) is 21.8 Å². The third kappa shape index (κ3) is 4.10. The molecule has 154 valence electrons. The molecule has 30 heavy (non-hydrogen) atoms. The lowest BCUT2D eigenvalue weighted by molar-refractivity contribution is 0.102. The lowest BCUT2D eigenvalue weighted by Crippen LogP contribution is -2.07. The summed E-state index contributed by atoms with van der Waals surface area (Å²) in [6, 6.07) is 13.7. The molecule has 8 heteroatoms. The molecule has 0 aliphatic rings. The summed E-state index contributed by atoms with van der Waals surface area (Å²) < 4.78 is 4.07. The number of rotatable bonds is 7. The highest BCUT2D eigenvalue weighted by atomic mass is 35.5. The summed E-state index contributed by atoms with van der Waals surface area (Å²) in [6.07, 6.45) is 0. The molecule has 0 aliphatic carbocycles. The Morgan fingerprint density at radius 3 is 2.70 bits per heavy atom. The van der Waals surface area contributed by atoms with Gasteiger partial charge in [0.1, 0.15) is 0 Å². The van der Waals surface area contributed by atoms with E-state index in [-0.39, 0.29) is 5.78 Å². The molecule has 0 atom stereocenters. The molecule has 0 amide bonds. The maximum atomic E-state index is 12.9. The Hall–Kier alpha value is -2.35. The average molecular weight is 457 g/mol. The fourth-order valence-electron chi connectivity index (χ4n) is 3.41. The molecular weight excluding hydrogens is 436 g/mol. The molecule has 0 radical (unpaired) electrons. The second kappa shape index (κ2) is 8.79. The molecule has 0 N–H and O–H groups in total. The molecule has 3 heterocycles. The van der Waals surface area contributed by atoms with Crippen molar-refractivity contribution in [1.29, 1.82) is 0 Å². The highest BCUT2D eigenvalue weighted by molar-refractivity contribution is 7.99. The van der Waals surface area contributed by atoms with Gasteiger partial charge in [0, 0.05) is 34.4 Å². The first-order valence-corrected chi connectivity index (χ1v) is 11.7. The predicted molar refractivity (Wildman–Crippen MR) is 124 cm³/mol. The number of nitrogens with zero attached hydrogens (tertiary/aromatic N) is 4. The molecule has 0 spiro atoms. The van der Waals surface area contributed by atoms with Gasteiger partial charge in [0.05, 0.1) is 17.3 Å². The summed E-state index contributed by atoms with van der Waals surface area (Å²) in [5.74, 6) is 1.08. The summed E-state index contributed by atoms with van der Waals surface area (Å²) in [7, 11) is 1.89. The van der Waals surface area contributed by atoms with E-state index in [2.05, 4.69) is 32.3 Å². The fourth-order valence-corrected chi connectivity index (χ4v) is 5.12. The Labute approximate surface area is 188 Å². The number of Topliss-reactive ketones (excluding diaryl/α,β-unsaturated/α-hetero) is 1. The second-order valence-electron chi connectivity index (χ2n) is 7.01. The van der Waals surface area contributed by atoms with Crippen LogP contribution in [0.5, 0.6) is 0 Å². The van der Waals surface area contributed by atoms with Gasteiger partial charge in [0.15, 0.2) is 16.8 Å². The number of hydrogen-bond donors (Lipinski definition) is 0. The highest BCUT2D eigenvalue weighted by Gasteiger charge is 2.19. The third-order valence-electron chi connectivity index (χ3n) is 5.05. The van der Waals surface area contributed by atoms with Crippen molar-refractivity contribution in [3.63, 3.8) is 0 Å². The van der Waals surface area contributed by atoms with Gasteiger partial charge < -0.3 is 9.13 Å². The van der Waals surface area contributed by atoms with Crippen LogP contribution < -0.4 is 0 Å². The molecule has 3 aromatic heterocycles. The van der Waals surface area contributed by atoms with E-state index in [4.69, 9.17) is 11.6 Å². The molecular formula is C22H21ClN4OS2. The van der Waals surface area contributed by atoms with E-state index >= 15 is 0 Å². The zero-order valence-corrected chi connectivity index (χ0v) is 19.3. The predicted octanol–water partition coefficient (Wildman–Crippen LogP) is 5.64. The van der Waals surface area contributed by atoms with Crippen LogP contribution in [0.2, 0.25) is 5.02 Å². The number of benzene rings is 1. The van der Waals surface area contributed by atoms with E-state index in [1.54, 1.807) is 11.3 Å². The first-order valence-electron chi connectivity index (χ1n) is 9.45. The molecule has 0 saturated carbocycles. The number of halogens is 1. The number of ketones is 1. The number of thiophene rings is 1. The molecule has 0 saturated heterocycles. The Balaban J connectivity index is 1.49. The van der Waals surface area contributed by atoms with Crippen LogP contribution in [-0.2, 0) is 13.6 Å². The Kier molecular flexibility index (Phi) is 6.13. The van der Waals surface area contributed by atoms with Gasteiger partial charge in [-0.3, -0.25) is 4.79 Å². The van der Waals surface area contributed by atoms with Crippen LogP contribution in [0.4, 0.5) is 0 Å². The number of aromatic nitrogens is 4.